The smallest absolute Gasteiger partial charge is 0.347 e. The number of aromatic nitrogens is 3. The van der Waals surface area contributed by atoms with Gasteiger partial charge in [-0.2, -0.15) is 9.78 Å². The number of nitrogens with zero attached hydrogens (tertiary/aromatic N) is 2. The summed E-state index contributed by atoms with van der Waals surface area (Å²) in [4.78, 5) is 24.9. The Morgan fingerprint density at radius 1 is 1.47 bits per heavy atom. The first-order valence-electron chi connectivity index (χ1n) is 5.76. The average molecular weight is 273 g/mol. The minimum Gasteiger partial charge on any atom is -0.394 e. The van der Waals surface area contributed by atoms with E-state index in [-0.39, 0.29) is 12.1 Å². The highest BCUT2D eigenvalue weighted by Crippen LogP contribution is 2.25. The molecule has 4 N–H and O–H groups in total. The second-order valence-corrected chi connectivity index (χ2v) is 4.39. The third-order valence-corrected chi connectivity index (χ3v) is 3.02. The highest BCUT2D eigenvalue weighted by Gasteiger charge is 2.38. The fourth-order valence-corrected chi connectivity index (χ4v) is 1.93. The molecule has 2 heterocycles. The Bertz CT molecular complexity index is 567. The van der Waals surface area contributed by atoms with Crippen LogP contribution in [0.25, 0.3) is 0 Å². The van der Waals surface area contributed by atoms with Crippen molar-refractivity contribution in [2.45, 2.75) is 37.9 Å². The van der Waals surface area contributed by atoms with Crippen LogP contribution < -0.4 is 11.2 Å². The van der Waals surface area contributed by atoms with Crippen molar-refractivity contribution in [1.29, 1.82) is 0 Å². The molecule has 0 radical (unpaired) electrons. The van der Waals surface area contributed by atoms with Gasteiger partial charge in [0.15, 0.2) is 6.23 Å². The molecule has 1 fully saturated rings. The molecule has 1 aliphatic heterocycles. The van der Waals surface area contributed by atoms with Crippen LogP contribution in [0.5, 0.6) is 0 Å². The lowest BCUT2D eigenvalue weighted by Gasteiger charge is -2.36. The quantitative estimate of drug-likeness (QED) is 0.458. The van der Waals surface area contributed by atoms with E-state index in [1.165, 1.54) is 6.92 Å². The minimum atomic E-state index is -1.24. The summed E-state index contributed by atoms with van der Waals surface area (Å²) in [6.07, 6.45) is -4.44. The molecule has 2 rings (SSSR count). The van der Waals surface area contributed by atoms with E-state index < -0.39 is 42.4 Å². The maximum absolute atomic E-state index is 11.6. The fraction of sp³-hybridized carbons (Fsp3) is 0.700. The van der Waals surface area contributed by atoms with Gasteiger partial charge < -0.3 is 20.1 Å². The number of rotatable bonds is 2. The van der Waals surface area contributed by atoms with E-state index in [0.29, 0.717) is 0 Å². The van der Waals surface area contributed by atoms with Gasteiger partial charge in [0, 0.05) is 6.42 Å². The van der Waals surface area contributed by atoms with E-state index in [9.17, 15) is 19.8 Å². The normalized spacial score (nSPS) is 31.4. The maximum atomic E-state index is 11.6. The Hall–Kier alpha value is -1.55. The third-order valence-electron chi connectivity index (χ3n) is 3.02. The van der Waals surface area contributed by atoms with E-state index in [0.717, 1.165) is 4.68 Å². The number of aliphatic hydroxyl groups excluding tert-OH is 3. The molecule has 4 atom stereocenters. The Kier molecular flexibility index (Phi) is 3.80. The molecule has 0 aromatic carbocycles. The molecule has 1 aromatic rings. The molecule has 0 aliphatic carbocycles. The second kappa shape index (κ2) is 5.21. The highest BCUT2D eigenvalue weighted by molar-refractivity contribution is 4.90. The van der Waals surface area contributed by atoms with E-state index in [2.05, 4.69) is 10.1 Å². The van der Waals surface area contributed by atoms with Crippen molar-refractivity contribution in [1.82, 2.24) is 14.8 Å². The summed E-state index contributed by atoms with van der Waals surface area (Å²) in [7, 11) is 0. The van der Waals surface area contributed by atoms with Gasteiger partial charge in [-0.15, -0.1) is 0 Å². The van der Waals surface area contributed by atoms with Gasteiger partial charge in [-0.1, -0.05) is 0 Å². The molecule has 0 unspecified atom stereocenters. The number of H-pyrrole nitrogens is 1. The molecule has 0 bridgehead atoms. The summed E-state index contributed by atoms with van der Waals surface area (Å²) in [5, 5.41) is 32.1. The molecule has 1 aliphatic rings. The zero-order chi connectivity index (χ0) is 14.2. The Morgan fingerprint density at radius 2 is 2.16 bits per heavy atom. The summed E-state index contributed by atoms with van der Waals surface area (Å²) in [6.45, 7) is 0.915. The van der Waals surface area contributed by atoms with Crippen LogP contribution in [0.1, 0.15) is 18.3 Å². The summed E-state index contributed by atoms with van der Waals surface area (Å²) >= 11 is 0. The van der Waals surface area contributed by atoms with E-state index in [1.807, 2.05) is 0 Å². The van der Waals surface area contributed by atoms with Gasteiger partial charge in [-0.05, 0) is 6.92 Å². The largest absolute Gasteiger partial charge is 0.394 e. The Morgan fingerprint density at radius 3 is 2.79 bits per heavy atom. The lowest BCUT2D eigenvalue weighted by atomic mass is 10.0. The van der Waals surface area contributed by atoms with Crippen LogP contribution in [0.3, 0.4) is 0 Å². The number of aromatic amines is 1. The second-order valence-electron chi connectivity index (χ2n) is 4.39. The molecule has 0 saturated carbocycles. The standard InChI is InChI=1S/C10H15N3O6/c1-4-9(17)11-10(18)13(12-4)7-2-5(15)8(16)6(3-14)19-7/h5-8,14-16H,2-3H2,1H3,(H,11,17,18)/t5-,6-,7+,8-/m0/s1. The number of nitrogens with one attached hydrogen (secondary N) is 1. The van der Waals surface area contributed by atoms with Crippen LogP contribution in [0.4, 0.5) is 0 Å². The van der Waals surface area contributed by atoms with Gasteiger partial charge in [0.05, 0.1) is 12.7 Å². The first-order valence-corrected chi connectivity index (χ1v) is 5.76. The van der Waals surface area contributed by atoms with Crippen molar-refractivity contribution in [2.24, 2.45) is 0 Å². The van der Waals surface area contributed by atoms with E-state index in [4.69, 9.17) is 9.84 Å². The van der Waals surface area contributed by atoms with Crippen molar-refractivity contribution >= 4 is 0 Å². The van der Waals surface area contributed by atoms with Crippen LogP contribution in [0.15, 0.2) is 9.59 Å². The molecule has 0 amide bonds. The van der Waals surface area contributed by atoms with Crippen LogP contribution in [-0.2, 0) is 4.74 Å². The zero-order valence-corrected chi connectivity index (χ0v) is 10.2. The van der Waals surface area contributed by atoms with Crippen LogP contribution in [0, 0.1) is 6.92 Å². The molecule has 1 aromatic heterocycles. The highest BCUT2D eigenvalue weighted by atomic mass is 16.5. The molecule has 106 valence electrons. The first-order chi connectivity index (χ1) is 8.93. The fourth-order valence-electron chi connectivity index (χ4n) is 1.93. The predicted molar refractivity (Wildman–Crippen MR) is 61.5 cm³/mol. The first kappa shape index (κ1) is 13.9. The number of hydrogen-bond donors (Lipinski definition) is 4. The number of hydrogen-bond acceptors (Lipinski definition) is 7. The van der Waals surface area contributed by atoms with Crippen LogP contribution in [-0.4, -0.2) is 55.0 Å². The minimum absolute atomic E-state index is 0.0734. The average Bonchev–Trinajstić information content (AvgIpc) is 2.37. The molecule has 9 nitrogen and oxygen atoms in total. The van der Waals surface area contributed by atoms with E-state index in [1.54, 1.807) is 0 Å². The summed E-state index contributed by atoms with van der Waals surface area (Å²) in [6, 6.07) is 0. The molecule has 0 spiro atoms. The summed E-state index contributed by atoms with van der Waals surface area (Å²) < 4.78 is 6.18. The molecule has 1 saturated heterocycles. The Labute approximate surface area is 107 Å². The van der Waals surface area contributed by atoms with Crippen molar-refractivity contribution in [3.05, 3.63) is 26.5 Å². The lowest BCUT2D eigenvalue weighted by Crippen LogP contribution is -2.50. The van der Waals surface area contributed by atoms with Gasteiger partial charge in [-0.3, -0.25) is 9.78 Å². The van der Waals surface area contributed by atoms with Gasteiger partial charge in [0.1, 0.15) is 17.9 Å². The zero-order valence-electron chi connectivity index (χ0n) is 10.2. The van der Waals surface area contributed by atoms with Crippen LogP contribution >= 0.6 is 0 Å². The predicted octanol–water partition coefficient (Wildman–Crippen LogP) is -2.76. The molecule has 9 heteroatoms. The SMILES string of the molecule is Cc1nn([C@H]2C[C@H](O)[C@H](O)[C@H](CO)O2)c(=O)[nH]c1=O. The monoisotopic (exact) mass is 273 g/mol. The van der Waals surface area contributed by atoms with Crippen molar-refractivity contribution in [3.8, 4) is 0 Å². The topological polar surface area (TPSA) is 138 Å². The maximum Gasteiger partial charge on any atom is 0.347 e. The summed E-state index contributed by atoms with van der Waals surface area (Å²) in [5.74, 6) is 0. The Balaban J connectivity index is 2.35. The molecular weight excluding hydrogens is 258 g/mol. The van der Waals surface area contributed by atoms with Crippen molar-refractivity contribution < 1.29 is 20.1 Å². The van der Waals surface area contributed by atoms with Crippen molar-refractivity contribution in [3.63, 3.8) is 0 Å². The van der Waals surface area contributed by atoms with Crippen LogP contribution in [0.2, 0.25) is 0 Å². The molecule has 19 heavy (non-hydrogen) atoms. The summed E-state index contributed by atoms with van der Waals surface area (Å²) in [5.41, 5.74) is -1.30. The number of aliphatic hydroxyl groups is 3. The lowest BCUT2D eigenvalue weighted by molar-refractivity contribution is -0.205. The van der Waals surface area contributed by atoms with Gasteiger partial charge in [-0.25, -0.2) is 4.79 Å². The molecular formula is C10H15N3O6. The number of aryl methyl sites for hydroxylation is 1. The van der Waals surface area contributed by atoms with Gasteiger partial charge >= 0.3 is 5.69 Å². The van der Waals surface area contributed by atoms with E-state index >= 15 is 0 Å². The number of ether oxygens (including phenoxy) is 1. The van der Waals surface area contributed by atoms with Gasteiger partial charge in [0.2, 0.25) is 0 Å². The van der Waals surface area contributed by atoms with Crippen molar-refractivity contribution in [2.75, 3.05) is 6.61 Å². The third kappa shape index (κ3) is 2.59. The van der Waals surface area contributed by atoms with Gasteiger partial charge in [0.25, 0.3) is 5.56 Å².